The van der Waals surface area contributed by atoms with Gasteiger partial charge in [0.15, 0.2) is 0 Å². The largest absolute Gasteiger partial charge is 1.00 e. The van der Waals surface area contributed by atoms with Crippen molar-refractivity contribution >= 4 is 29.2 Å². The smallest absolute Gasteiger partial charge is 0.410 e. The second-order valence-electron chi connectivity index (χ2n) is 2.24. The molecule has 60 valence electrons. The normalized spacial score (nSPS) is 8.83. The summed E-state index contributed by atoms with van der Waals surface area (Å²) in [6.07, 6.45) is 0. The topological polar surface area (TPSA) is 29.9 Å². The zero-order valence-electron chi connectivity index (χ0n) is 7.29. The average molecular weight is 225 g/mol. The number of aryl methyl sites for hydroxylation is 2. The summed E-state index contributed by atoms with van der Waals surface area (Å²) >= 11 is 9.38. The fraction of sp³-hybridized carbons (Fsp3) is 0.333. The fourth-order valence-electron chi connectivity index (χ4n) is 0.829. The van der Waals surface area contributed by atoms with Crippen molar-refractivity contribution in [2.45, 2.75) is 13.8 Å². The standard InChI is InChI=1S/C6H9N3S2.K/c1-4-3-5(2)9(7-4)8-6(10)11;/h3H,1-2H3,(H2,8,10,11);/q;+1/p-1. The SMILES string of the molecule is Cc1cc(C)n(NC(=S)[S-])n1.[K+]. The molecule has 0 aliphatic rings. The number of rotatable bonds is 1. The minimum Gasteiger partial charge on any atom is -0.410 e. The van der Waals surface area contributed by atoms with Crippen molar-refractivity contribution in [3.05, 3.63) is 17.5 Å². The molecule has 0 saturated carbocycles. The van der Waals surface area contributed by atoms with Crippen LogP contribution in [0.25, 0.3) is 0 Å². The molecule has 1 aromatic heterocycles. The number of nitrogens with one attached hydrogen (secondary N) is 1. The quantitative estimate of drug-likeness (QED) is 0.336. The molecule has 6 heteroatoms. The van der Waals surface area contributed by atoms with Gasteiger partial charge in [0.25, 0.3) is 0 Å². The summed E-state index contributed by atoms with van der Waals surface area (Å²) in [6, 6.07) is 1.95. The van der Waals surface area contributed by atoms with Crippen LogP contribution in [0.2, 0.25) is 0 Å². The summed E-state index contributed by atoms with van der Waals surface area (Å²) < 4.78 is 0.302. The van der Waals surface area contributed by atoms with E-state index in [1.54, 1.807) is 4.79 Å². The van der Waals surface area contributed by atoms with Gasteiger partial charge in [0, 0.05) is 0 Å². The predicted octanol–water partition coefficient (Wildman–Crippen LogP) is -2.12. The van der Waals surface area contributed by atoms with Crippen molar-refractivity contribution in [3.8, 4) is 0 Å². The van der Waals surface area contributed by atoms with E-state index in [1.807, 2.05) is 19.9 Å². The van der Waals surface area contributed by atoms with E-state index in [0.29, 0.717) is 4.32 Å². The molecule has 0 fully saturated rings. The van der Waals surface area contributed by atoms with E-state index >= 15 is 0 Å². The third-order valence-corrected chi connectivity index (χ3v) is 1.39. The van der Waals surface area contributed by atoms with E-state index < -0.39 is 0 Å². The number of aromatic nitrogens is 2. The van der Waals surface area contributed by atoms with Crippen LogP contribution in [-0.2, 0) is 12.6 Å². The van der Waals surface area contributed by atoms with Gasteiger partial charge in [-0.25, -0.2) is 0 Å². The molecule has 0 amide bonds. The van der Waals surface area contributed by atoms with E-state index in [2.05, 4.69) is 35.4 Å². The maximum Gasteiger partial charge on any atom is 1.00 e. The van der Waals surface area contributed by atoms with Crippen LogP contribution in [-0.4, -0.2) is 14.2 Å². The van der Waals surface area contributed by atoms with Crippen molar-refractivity contribution in [2.75, 3.05) is 5.43 Å². The summed E-state index contributed by atoms with van der Waals surface area (Å²) in [5.74, 6) is 0. The molecule has 12 heavy (non-hydrogen) atoms. The first-order valence-electron chi connectivity index (χ1n) is 3.11. The Hall–Kier alpha value is 0.956. The van der Waals surface area contributed by atoms with Crippen LogP contribution in [0.15, 0.2) is 6.07 Å². The molecule has 0 aliphatic carbocycles. The molecule has 1 N–H and O–H groups in total. The maximum atomic E-state index is 4.69. The number of hydrogen-bond acceptors (Lipinski definition) is 3. The molecule has 3 nitrogen and oxygen atoms in total. The molecule has 1 aromatic rings. The molecule has 0 spiro atoms. The summed E-state index contributed by atoms with van der Waals surface area (Å²) in [4.78, 5) is 1.57. The van der Waals surface area contributed by atoms with Crippen LogP contribution in [0.5, 0.6) is 0 Å². The van der Waals surface area contributed by atoms with Gasteiger partial charge in [-0.05, 0) is 24.2 Å². The summed E-state index contributed by atoms with van der Waals surface area (Å²) in [5, 5.41) is 4.10. The monoisotopic (exact) mass is 225 g/mol. The molecule has 0 bridgehead atoms. The molecular formula is C6H8KN3S2. The van der Waals surface area contributed by atoms with Gasteiger partial charge in [0.1, 0.15) is 0 Å². The molecule has 0 atom stereocenters. The van der Waals surface area contributed by atoms with E-state index in [1.165, 1.54) is 0 Å². The molecule has 1 rings (SSSR count). The van der Waals surface area contributed by atoms with Crippen LogP contribution >= 0.6 is 12.2 Å². The van der Waals surface area contributed by atoms with E-state index in [-0.39, 0.29) is 51.4 Å². The Balaban J connectivity index is 0.00000121. The Kier molecular flexibility index (Phi) is 6.09. The molecule has 0 radical (unpaired) electrons. The van der Waals surface area contributed by atoms with Gasteiger partial charge in [-0.1, -0.05) is 0 Å². The van der Waals surface area contributed by atoms with Crippen LogP contribution in [0, 0.1) is 13.8 Å². The third kappa shape index (κ3) is 3.78. The third-order valence-electron chi connectivity index (χ3n) is 1.21. The van der Waals surface area contributed by atoms with Gasteiger partial charge in [-0.15, -0.1) is 0 Å². The molecule has 0 aliphatic heterocycles. The first kappa shape index (κ1) is 13.0. The van der Waals surface area contributed by atoms with Crippen LogP contribution in [0.3, 0.4) is 0 Å². The Labute approximate surface area is 125 Å². The molecule has 0 aromatic carbocycles. The van der Waals surface area contributed by atoms with Crippen LogP contribution in [0.1, 0.15) is 11.4 Å². The zero-order chi connectivity index (χ0) is 8.43. The molecular weight excluding hydrogens is 217 g/mol. The summed E-state index contributed by atoms with van der Waals surface area (Å²) in [6.45, 7) is 3.85. The van der Waals surface area contributed by atoms with Gasteiger partial charge in [0.05, 0.1) is 11.4 Å². The Morgan fingerprint density at radius 2 is 2.25 bits per heavy atom. The van der Waals surface area contributed by atoms with Gasteiger partial charge < -0.3 is 24.8 Å². The van der Waals surface area contributed by atoms with Gasteiger partial charge in [-0.2, -0.15) is 9.89 Å². The maximum absolute atomic E-state index is 4.69. The van der Waals surface area contributed by atoms with Crippen molar-refractivity contribution in [1.29, 1.82) is 0 Å². The number of nitrogens with zero attached hydrogens (tertiary/aromatic N) is 2. The second kappa shape index (κ2) is 5.64. The molecule has 0 saturated heterocycles. The second-order valence-corrected chi connectivity index (χ2v) is 3.31. The van der Waals surface area contributed by atoms with E-state index in [4.69, 9.17) is 0 Å². The Bertz CT molecular complexity index is 284. The average Bonchev–Trinajstić information content (AvgIpc) is 2.09. The molecule has 1 heterocycles. The van der Waals surface area contributed by atoms with Crippen molar-refractivity contribution < 1.29 is 51.4 Å². The molecule has 0 unspecified atom stereocenters. The van der Waals surface area contributed by atoms with Gasteiger partial charge in [-0.3, -0.25) is 5.43 Å². The summed E-state index contributed by atoms with van der Waals surface area (Å²) in [7, 11) is 0. The first-order valence-corrected chi connectivity index (χ1v) is 3.92. The Morgan fingerprint density at radius 3 is 2.58 bits per heavy atom. The zero-order valence-corrected chi connectivity index (χ0v) is 12.0. The predicted molar refractivity (Wildman–Crippen MR) is 51.0 cm³/mol. The number of hydrogen-bond donors (Lipinski definition) is 1. The van der Waals surface area contributed by atoms with Crippen molar-refractivity contribution in [3.63, 3.8) is 0 Å². The first-order chi connectivity index (χ1) is 5.09. The van der Waals surface area contributed by atoms with Crippen molar-refractivity contribution in [1.82, 2.24) is 9.89 Å². The van der Waals surface area contributed by atoms with Gasteiger partial charge >= 0.3 is 51.4 Å². The minimum atomic E-state index is 0. The summed E-state index contributed by atoms with van der Waals surface area (Å²) in [5.41, 5.74) is 4.69. The Morgan fingerprint density at radius 1 is 1.67 bits per heavy atom. The van der Waals surface area contributed by atoms with E-state index in [0.717, 1.165) is 11.4 Å². The van der Waals surface area contributed by atoms with Crippen LogP contribution in [0.4, 0.5) is 0 Å². The van der Waals surface area contributed by atoms with Crippen LogP contribution < -0.4 is 56.8 Å². The van der Waals surface area contributed by atoms with Crippen molar-refractivity contribution in [2.24, 2.45) is 0 Å². The van der Waals surface area contributed by atoms with Gasteiger partial charge in [0.2, 0.25) is 0 Å². The fourth-order valence-corrected chi connectivity index (χ4v) is 1.00. The van der Waals surface area contributed by atoms with E-state index in [9.17, 15) is 0 Å². The number of thiocarbonyl (C=S) groups is 1. The minimum absolute atomic E-state index is 0.